The van der Waals surface area contributed by atoms with Crippen molar-refractivity contribution in [3.8, 4) is 0 Å². The number of aliphatic hydroxyl groups excluding tert-OH is 2. The lowest BCUT2D eigenvalue weighted by atomic mass is 9.86. The van der Waals surface area contributed by atoms with Gasteiger partial charge in [-0.3, -0.25) is 0 Å². The number of piperidine rings is 1. The second kappa shape index (κ2) is 15.1. The predicted molar refractivity (Wildman–Crippen MR) is 131 cm³/mol. The lowest BCUT2D eigenvalue weighted by Gasteiger charge is -2.41. The maximum absolute atomic E-state index is 11.0. The van der Waals surface area contributed by atoms with Gasteiger partial charge in [-0.25, -0.2) is 4.99 Å². The fraction of sp³-hybridized carbons (Fsp3) is 0.920. The number of hydrogen-bond acceptors (Lipinski definition) is 8. The highest BCUT2D eigenvalue weighted by atomic mass is 16.4. The summed E-state index contributed by atoms with van der Waals surface area (Å²) in [4.78, 5) is 16.9. The van der Waals surface area contributed by atoms with E-state index >= 15 is 0 Å². The van der Waals surface area contributed by atoms with E-state index in [1.807, 2.05) is 13.1 Å². The number of carboxylic acids is 1. The van der Waals surface area contributed by atoms with Gasteiger partial charge in [-0.1, -0.05) is 32.6 Å². The maximum Gasteiger partial charge on any atom is 0.171 e. The number of carbonyl (C=O) groups excluding carboxylic acids is 1. The Balaban J connectivity index is 1.67. The number of likely N-dealkylation sites (N-methyl/N-ethyl adjacent to an activating group) is 1. The van der Waals surface area contributed by atoms with Crippen molar-refractivity contribution in [3.63, 3.8) is 0 Å². The van der Waals surface area contributed by atoms with Gasteiger partial charge in [0.2, 0.25) is 0 Å². The molecule has 6 N–H and O–H groups in total. The molecule has 0 aromatic heterocycles. The van der Waals surface area contributed by atoms with Crippen molar-refractivity contribution in [1.29, 1.82) is 0 Å². The quantitative estimate of drug-likeness (QED) is 0.140. The number of aliphatic imine (C=N–C) groups is 1. The zero-order valence-corrected chi connectivity index (χ0v) is 21.2. The molecule has 0 bridgehead atoms. The number of quaternary nitrogens is 1. The van der Waals surface area contributed by atoms with Crippen LogP contribution in [0, 0.1) is 5.92 Å². The number of nitrogens with one attached hydrogen (secondary N) is 3. The summed E-state index contributed by atoms with van der Waals surface area (Å²) < 4.78 is 0. The number of rotatable bonds is 17. The predicted octanol–water partition coefficient (Wildman–Crippen LogP) is -1.40. The average molecular weight is 485 g/mol. The van der Waals surface area contributed by atoms with Crippen LogP contribution < -0.4 is 20.6 Å². The van der Waals surface area contributed by atoms with Crippen LogP contribution in [0.1, 0.15) is 78.1 Å². The van der Waals surface area contributed by atoms with E-state index in [1.54, 1.807) is 0 Å². The van der Waals surface area contributed by atoms with Gasteiger partial charge < -0.3 is 40.8 Å². The molecule has 34 heavy (non-hydrogen) atoms. The van der Waals surface area contributed by atoms with E-state index in [4.69, 9.17) is 0 Å². The van der Waals surface area contributed by atoms with Crippen molar-refractivity contribution in [1.82, 2.24) is 10.6 Å². The Bertz CT molecular complexity index is 614. The molecule has 0 amide bonds. The van der Waals surface area contributed by atoms with Crippen molar-refractivity contribution < 1.29 is 30.1 Å². The lowest BCUT2D eigenvalue weighted by molar-refractivity contribution is -0.914. The zero-order chi connectivity index (χ0) is 25.0. The molecule has 9 nitrogen and oxygen atoms in total. The summed E-state index contributed by atoms with van der Waals surface area (Å²) in [5, 5.41) is 48.5. The summed E-state index contributed by atoms with van der Waals surface area (Å²) in [6.45, 7) is 6.64. The lowest BCUT2D eigenvalue weighted by Crippen LogP contribution is -3.16. The second-order valence-corrected chi connectivity index (χ2v) is 10.5. The van der Waals surface area contributed by atoms with E-state index in [-0.39, 0.29) is 31.2 Å². The van der Waals surface area contributed by atoms with Gasteiger partial charge >= 0.3 is 0 Å². The van der Waals surface area contributed by atoms with Gasteiger partial charge in [-0.15, -0.1) is 0 Å². The fourth-order valence-corrected chi connectivity index (χ4v) is 5.44. The van der Waals surface area contributed by atoms with Gasteiger partial charge in [0.05, 0.1) is 24.0 Å². The van der Waals surface area contributed by atoms with Crippen molar-refractivity contribution in [2.45, 2.75) is 108 Å². The van der Waals surface area contributed by atoms with E-state index in [2.05, 4.69) is 22.5 Å². The first-order valence-corrected chi connectivity index (χ1v) is 13.3. The van der Waals surface area contributed by atoms with Crippen LogP contribution in [0.2, 0.25) is 0 Å². The highest BCUT2D eigenvalue weighted by Crippen LogP contribution is 2.24. The number of nitrogens with zero attached hydrogens (tertiary/aromatic N) is 1. The number of carbonyl (C=O) groups is 1. The second-order valence-electron chi connectivity index (χ2n) is 10.5. The third-order valence-electron chi connectivity index (χ3n) is 7.67. The minimum atomic E-state index is -1.33. The van der Waals surface area contributed by atoms with Crippen molar-refractivity contribution in [3.05, 3.63) is 0 Å². The minimum absolute atomic E-state index is 0.0528. The van der Waals surface area contributed by atoms with Crippen LogP contribution in [-0.4, -0.2) is 90.2 Å². The highest BCUT2D eigenvalue weighted by molar-refractivity contribution is 5.65. The maximum atomic E-state index is 11.0. The van der Waals surface area contributed by atoms with E-state index in [0.29, 0.717) is 31.5 Å². The molecule has 198 valence electrons. The number of unbranched alkanes of at least 4 members (excludes halogenated alkanes) is 3. The Hall–Kier alpha value is -1.10. The van der Waals surface area contributed by atoms with Crippen LogP contribution in [0.3, 0.4) is 0 Å². The fourth-order valence-electron chi connectivity index (χ4n) is 5.44. The Morgan fingerprint density at radius 2 is 2.09 bits per heavy atom. The molecule has 0 aromatic rings. The van der Waals surface area contributed by atoms with Crippen LogP contribution in [0.4, 0.5) is 0 Å². The molecule has 1 saturated heterocycles. The Morgan fingerprint density at radius 3 is 2.74 bits per heavy atom. The van der Waals surface area contributed by atoms with E-state index in [0.717, 1.165) is 58.2 Å². The SMILES string of the molecule is CCNCC(O)(CCC(CO)CCCCCCC1NC(C)C(O)CC1[NH+]1CC=NC1)CC(=O)[O-]. The summed E-state index contributed by atoms with van der Waals surface area (Å²) >= 11 is 0. The standard InChI is InChI=1S/C25H48N4O5/c1-3-26-17-25(34,15-24(32)33)11-10-20(16-30)8-6-4-5-7-9-21-22(29-13-12-27-18-29)14-23(31)19(2)28-21/h12,19-23,26,28,30-31,34H,3-11,13-18H2,1-2H3,(H,32,33). The molecule has 9 heteroatoms. The van der Waals surface area contributed by atoms with E-state index in [1.165, 1.54) is 4.90 Å². The van der Waals surface area contributed by atoms with Gasteiger partial charge in [-0.05, 0) is 45.1 Å². The van der Waals surface area contributed by atoms with Crippen molar-refractivity contribution >= 4 is 12.2 Å². The first-order chi connectivity index (χ1) is 16.3. The zero-order valence-electron chi connectivity index (χ0n) is 21.2. The summed E-state index contributed by atoms with van der Waals surface area (Å²) in [5.74, 6) is -1.18. The van der Waals surface area contributed by atoms with Gasteiger partial charge in [0.1, 0.15) is 12.6 Å². The Labute approximate surface area is 205 Å². The first kappa shape index (κ1) is 29.1. The van der Waals surface area contributed by atoms with Crippen LogP contribution in [-0.2, 0) is 4.79 Å². The molecule has 0 aromatic carbocycles. The average Bonchev–Trinajstić information content (AvgIpc) is 3.33. The van der Waals surface area contributed by atoms with Crippen molar-refractivity contribution in [2.24, 2.45) is 10.9 Å². The smallest absolute Gasteiger partial charge is 0.171 e. The molecule has 1 fully saturated rings. The molecule has 2 aliphatic rings. The molecule has 0 aliphatic carbocycles. The molecule has 2 aliphatic heterocycles. The third kappa shape index (κ3) is 9.87. The van der Waals surface area contributed by atoms with Gasteiger partial charge in [0.15, 0.2) is 6.67 Å². The number of hydrogen-bond donors (Lipinski definition) is 6. The Kier molecular flexibility index (Phi) is 12.9. The summed E-state index contributed by atoms with van der Waals surface area (Å²) in [6.07, 6.45) is 9.39. The van der Waals surface area contributed by atoms with Gasteiger partial charge in [0, 0.05) is 38.0 Å². The molecule has 7 unspecified atom stereocenters. The van der Waals surface area contributed by atoms with Crippen LogP contribution in [0.5, 0.6) is 0 Å². The molecule has 0 saturated carbocycles. The largest absolute Gasteiger partial charge is 0.550 e. The molecule has 2 heterocycles. The molecule has 2 rings (SSSR count). The molecule has 0 radical (unpaired) electrons. The van der Waals surface area contributed by atoms with Crippen LogP contribution in [0.15, 0.2) is 4.99 Å². The number of carboxylic acid groups (broad SMARTS) is 1. The Morgan fingerprint density at radius 1 is 1.32 bits per heavy atom. The first-order valence-electron chi connectivity index (χ1n) is 13.3. The monoisotopic (exact) mass is 484 g/mol. The third-order valence-corrected chi connectivity index (χ3v) is 7.67. The number of aliphatic hydroxyl groups is 3. The van der Waals surface area contributed by atoms with Gasteiger partial charge in [0.25, 0.3) is 0 Å². The molecular weight excluding hydrogens is 436 g/mol. The van der Waals surface area contributed by atoms with E-state index < -0.39 is 18.0 Å². The van der Waals surface area contributed by atoms with Crippen molar-refractivity contribution in [2.75, 3.05) is 32.9 Å². The van der Waals surface area contributed by atoms with Crippen LogP contribution >= 0.6 is 0 Å². The molecule has 7 atom stereocenters. The van der Waals surface area contributed by atoms with Crippen LogP contribution in [0.25, 0.3) is 0 Å². The highest BCUT2D eigenvalue weighted by Gasteiger charge is 2.39. The summed E-state index contributed by atoms with van der Waals surface area (Å²) in [7, 11) is 0. The molecular formula is C25H48N4O5. The topological polar surface area (TPSA) is 142 Å². The normalized spacial score (nSPS) is 29.7. The van der Waals surface area contributed by atoms with Gasteiger partial charge in [-0.2, -0.15) is 0 Å². The number of aliphatic carboxylic acids is 1. The summed E-state index contributed by atoms with van der Waals surface area (Å²) in [6, 6.07) is 0.922. The molecule has 0 spiro atoms. The summed E-state index contributed by atoms with van der Waals surface area (Å²) in [5.41, 5.74) is -1.33. The minimum Gasteiger partial charge on any atom is -0.550 e. The van der Waals surface area contributed by atoms with E-state index in [9.17, 15) is 25.2 Å².